The second kappa shape index (κ2) is 8.94. The van der Waals surface area contributed by atoms with E-state index in [-0.39, 0.29) is 36.8 Å². The number of hydrogen-bond donors (Lipinski definition) is 2. The number of hydrogen-bond acceptors (Lipinski definition) is 6. The fourth-order valence-corrected chi connectivity index (χ4v) is 5.23. The summed E-state index contributed by atoms with van der Waals surface area (Å²) >= 11 is 0. The van der Waals surface area contributed by atoms with E-state index in [1.807, 2.05) is 19.1 Å². The lowest BCUT2D eigenvalue weighted by molar-refractivity contribution is -0.151. The van der Waals surface area contributed by atoms with Crippen LogP contribution in [0.4, 0.5) is 0 Å². The number of carboxylic acid groups (broad SMARTS) is 1. The van der Waals surface area contributed by atoms with Crippen LogP contribution >= 0.6 is 0 Å². The molecule has 3 aliphatic rings. The van der Waals surface area contributed by atoms with E-state index in [0.29, 0.717) is 24.2 Å². The Bertz CT molecular complexity index is 788. The van der Waals surface area contributed by atoms with E-state index in [0.717, 1.165) is 44.1 Å². The number of aliphatic carboxylic acids is 1. The molecular formula is C23H30O7. The zero-order valence-electron chi connectivity index (χ0n) is 17.3. The Morgan fingerprint density at radius 1 is 1.30 bits per heavy atom. The molecule has 0 bridgehead atoms. The molecule has 1 saturated heterocycles. The van der Waals surface area contributed by atoms with Gasteiger partial charge in [0.25, 0.3) is 0 Å². The molecule has 164 valence electrons. The van der Waals surface area contributed by atoms with E-state index in [1.54, 1.807) is 0 Å². The quantitative estimate of drug-likeness (QED) is 0.468. The fraction of sp³-hybridized carbons (Fsp3) is 0.652. The number of fused-ring (bicyclic) bond motifs is 2. The molecule has 0 aromatic heterocycles. The van der Waals surface area contributed by atoms with Crippen LogP contribution in [-0.2, 0) is 31.9 Å². The summed E-state index contributed by atoms with van der Waals surface area (Å²) < 4.78 is 16.1. The van der Waals surface area contributed by atoms with Gasteiger partial charge < -0.3 is 24.4 Å². The third-order valence-corrected chi connectivity index (χ3v) is 6.85. The van der Waals surface area contributed by atoms with Crippen LogP contribution < -0.4 is 4.74 Å². The van der Waals surface area contributed by atoms with Crippen LogP contribution in [0.1, 0.15) is 43.7 Å². The number of carbonyl (C=O) groups is 2. The molecule has 7 heteroatoms. The first-order valence-corrected chi connectivity index (χ1v) is 10.9. The summed E-state index contributed by atoms with van der Waals surface area (Å²) in [5, 5.41) is 19.7. The second-order valence-corrected chi connectivity index (χ2v) is 8.74. The number of aliphatic hydroxyl groups excluding tert-OH is 1. The monoisotopic (exact) mass is 418 g/mol. The van der Waals surface area contributed by atoms with Gasteiger partial charge in [-0.1, -0.05) is 19.1 Å². The average molecular weight is 418 g/mol. The van der Waals surface area contributed by atoms with Crippen molar-refractivity contribution in [3.63, 3.8) is 0 Å². The van der Waals surface area contributed by atoms with Crippen LogP contribution in [-0.4, -0.2) is 53.7 Å². The first kappa shape index (κ1) is 21.1. The van der Waals surface area contributed by atoms with Crippen molar-refractivity contribution in [2.75, 3.05) is 13.2 Å². The van der Waals surface area contributed by atoms with Crippen molar-refractivity contribution >= 4 is 11.9 Å². The Kier molecular flexibility index (Phi) is 6.29. The molecule has 4 rings (SSSR count). The third kappa shape index (κ3) is 4.62. The standard InChI is InChI=1S/C23H30O7/c1-2-15(30-23(27)21-11-28-21)6-7-16-17-8-13-4-3-5-20(29-12-22(25)26)18(13)9-14(17)10-19(16)24/h3-5,14-17,19,21,24H,2,6-12H2,1H3,(H,25,26)/t14-,15-,16+,17-,19+,21?/m0/s1. The van der Waals surface area contributed by atoms with Gasteiger partial charge in [0.15, 0.2) is 12.7 Å². The predicted molar refractivity (Wildman–Crippen MR) is 107 cm³/mol. The first-order valence-electron chi connectivity index (χ1n) is 10.9. The number of epoxide rings is 1. The minimum Gasteiger partial charge on any atom is -0.482 e. The highest BCUT2D eigenvalue weighted by molar-refractivity contribution is 5.77. The summed E-state index contributed by atoms with van der Waals surface area (Å²) in [6.45, 7) is 2.12. The van der Waals surface area contributed by atoms with Crippen molar-refractivity contribution in [2.45, 2.75) is 63.8 Å². The number of esters is 1. The van der Waals surface area contributed by atoms with Gasteiger partial charge in [0.1, 0.15) is 11.9 Å². The van der Waals surface area contributed by atoms with Gasteiger partial charge in [0.05, 0.1) is 12.7 Å². The van der Waals surface area contributed by atoms with E-state index in [9.17, 15) is 14.7 Å². The molecule has 1 aromatic carbocycles. The van der Waals surface area contributed by atoms with Crippen LogP contribution in [0.15, 0.2) is 18.2 Å². The van der Waals surface area contributed by atoms with Crippen LogP contribution in [0.25, 0.3) is 0 Å². The SMILES string of the molecule is CC[C@@H](CC[C@@H]1[C@H]2Cc3cccc(OCC(=O)O)c3C[C@H]2C[C@H]1O)OC(=O)C1CO1. The molecule has 6 atom stereocenters. The number of rotatable bonds is 9. The number of ether oxygens (including phenoxy) is 3. The number of aliphatic hydroxyl groups is 1. The minimum absolute atomic E-state index is 0.139. The molecular weight excluding hydrogens is 388 g/mol. The molecule has 1 saturated carbocycles. The highest BCUT2D eigenvalue weighted by Gasteiger charge is 2.45. The Labute approximate surface area is 176 Å². The Morgan fingerprint density at radius 3 is 2.80 bits per heavy atom. The maximum atomic E-state index is 11.9. The lowest BCUT2D eigenvalue weighted by Crippen LogP contribution is -2.29. The predicted octanol–water partition coefficient (Wildman–Crippen LogP) is 2.36. The second-order valence-electron chi connectivity index (χ2n) is 8.74. The van der Waals surface area contributed by atoms with Crippen LogP contribution in [0.3, 0.4) is 0 Å². The van der Waals surface area contributed by atoms with E-state index >= 15 is 0 Å². The van der Waals surface area contributed by atoms with Crippen molar-refractivity contribution in [3.05, 3.63) is 29.3 Å². The average Bonchev–Trinajstić information content (AvgIpc) is 3.52. The van der Waals surface area contributed by atoms with Crippen LogP contribution in [0.2, 0.25) is 0 Å². The molecule has 0 spiro atoms. The lowest BCUT2D eigenvalue weighted by Gasteiger charge is -2.32. The third-order valence-electron chi connectivity index (χ3n) is 6.85. The van der Waals surface area contributed by atoms with Gasteiger partial charge in [0.2, 0.25) is 0 Å². The zero-order valence-corrected chi connectivity index (χ0v) is 17.3. The Balaban J connectivity index is 1.40. The van der Waals surface area contributed by atoms with Gasteiger partial charge >= 0.3 is 11.9 Å². The first-order chi connectivity index (χ1) is 14.5. The fourth-order valence-electron chi connectivity index (χ4n) is 5.23. The summed E-state index contributed by atoms with van der Waals surface area (Å²) in [5.41, 5.74) is 2.26. The Morgan fingerprint density at radius 2 is 2.10 bits per heavy atom. The maximum Gasteiger partial charge on any atom is 0.341 e. The smallest absolute Gasteiger partial charge is 0.341 e. The van der Waals surface area contributed by atoms with Crippen LogP contribution in [0.5, 0.6) is 5.75 Å². The summed E-state index contributed by atoms with van der Waals surface area (Å²) in [6, 6.07) is 5.81. The number of carboxylic acids is 1. The highest BCUT2D eigenvalue weighted by atomic mass is 16.6. The molecule has 1 aromatic rings. The lowest BCUT2D eigenvalue weighted by atomic mass is 9.73. The van der Waals surface area contributed by atoms with E-state index < -0.39 is 5.97 Å². The van der Waals surface area contributed by atoms with Crippen LogP contribution in [0, 0.1) is 17.8 Å². The van der Waals surface area contributed by atoms with Gasteiger partial charge in [0, 0.05) is 0 Å². The maximum absolute atomic E-state index is 11.9. The van der Waals surface area contributed by atoms with Crippen molar-refractivity contribution in [1.82, 2.24) is 0 Å². The molecule has 1 aliphatic heterocycles. The van der Waals surface area contributed by atoms with Crippen molar-refractivity contribution < 1.29 is 34.0 Å². The zero-order chi connectivity index (χ0) is 21.3. The summed E-state index contributed by atoms with van der Waals surface area (Å²) in [4.78, 5) is 22.8. The van der Waals surface area contributed by atoms with Crippen molar-refractivity contribution in [3.8, 4) is 5.75 Å². The van der Waals surface area contributed by atoms with Gasteiger partial charge in [-0.15, -0.1) is 0 Å². The molecule has 2 N–H and O–H groups in total. The molecule has 1 heterocycles. The molecule has 0 amide bonds. The molecule has 2 fully saturated rings. The van der Waals surface area contributed by atoms with Gasteiger partial charge in [-0.3, -0.25) is 0 Å². The summed E-state index contributed by atoms with van der Waals surface area (Å²) in [6.07, 6.45) is 3.84. The molecule has 1 unspecified atom stereocenters. The number of carbonyl (C=O) groups excluding carboxylic acids is 1. The van der Waals surface area contributed by atoms with Crippen molar-refractivity contribution in [2.24, 2.45) is 17.8 Å². The Hall–Kier alpha value is -2.12. The van der Waals surface area contributed by atoms with E-state index in [2.05, 4.69) is 6.07 Å². The normalized spacial score (nSPS) is 30.1. The van der Waals surface area contributed by atoms with Crippen molar-refractivity contribution in [1.29, 1.82) is 0 Å². The van der Waals surface area contributed by atoms with Gasteiger partial charge in [-0.2, -0.15) is 0 Å². The minimum atomic E-state index is -0.989. The van der Waals surface area contributed by atoms with E-state index in [4.69, 9.17) is 19.3 Å². The molecule has 2 aliphatic carbocycles. The summed E-state index contributed by atoms with van der Waals surface area (Å²) in [7, 11) is 0. The van der Waals surface area contributed by atoms with Gasteiger partial charge in [-0.25, -0.2) is 9.59 Å². The van der Waals surface area contributed by atoms with Gasteiger partial charge in [-0.05, 0) is 73.5 Å². The highest BCUT2D eigenvalue weighted by Crippen LogP contribution is 2.48. The topological polar surface area (TPSA) is 106 Å². The summed E-state index contributed by atoms with van der Waals surface area (Å²) in [5.74, 6) is 0.296. The molecule has 7 nitrogen and oxygen atoms in total. The molecule has 30 heavy (non-hydrogen) atoms. The largest absolute Gasteiger partial charge is 0.482 e. The molecule has 0 radical (unpaired) electrons. The number of benzene rings is 1. The van der Waals surface area contributed by atoms with E-state index in [1.165, 1.54) is 5.56 Å².